The second-order valence-electron chi connectivity index (χ2n) is 7.12. The van der Waals surface area contributed by atoms with Gasteiger partial charge in [-0.25, -0.2) is 4.21 Å². The minimum absolute atomic E-state index is 0.00764. The lowest BCUT2D eigenvalue weighted by Crippen LogP contribution is -2.30. The Kier molecular flexibility index (Phi) is 6.91. The molecule has 10 heteroatoms. The predicted octanol–water partition coefficient (Wildman–Crippen LogP) is 3.48. The van der Waals surface area contributed by atoms with E-state index in [2.05, 4.69) is 30.6 Å². The van der Waals surface area contributed by atoms with E-state index in [0.717, 1.165) is 16.8 Å². The van der Waals surface area contributed by atoms with Crippen LogP contribution < -0.4 is 10.7 Å². The van der Waals surface area contributed by atoms with Crippen molar-refractivity contribution in [2.75, 3.05) is 6.26 Å². The molecule has 0 saturated carbocycles. The number of carbonyl (C=O) groups is 1. The highest BCUT2D eigenvalue weighted by Crippen LogP contribution is 2.20. The maximum absolute atomic E-state index is 12.8. The number of amides is 1. The fraction of sp³-hybridized carbons (Fsp3) is 0.182. The smallest absolute Gasteiger partial charge is 0.257 e. The first-order valence-corrected chi connectivity index (χ1v) is 12.2. The minimum atomic E-state index is -2.78. The summed E-state index contributed by atoms with van der Waals surface area (Å²) in [6.07, 6.45) is 7.82. The molecule has 0 spiro atoms. The molecule has 2 aromatic heterocycles. The fourth-order valence-corrected chi connectivity index (χ4v) is 4.37. The van der Waals surface area contributed by atoms with Gasteiger partial charge in [-0.2, -0.15) is 5.26 Å². The zero-order chi connectivity index (χ0) is 23.5. The molecular formula is C22H20BrN5O3S. The lowest BCUT2D eigenvalue weighted by molar-refractivity contribution is 0.0949. The van der Waals surface area contributed by atoms with Gasteiger partial charge in [0.1, 0.15) is 5.56 Å². The lowest BCUT2D eigenvalue weighted by atomic mass is 10.1. The maximum atomic E-state index is 12.8. The third-order valence-electron chi connectivity index (χ3n) is 4.93. The fourth-order valence-electron chi connectivity index (χ4n) is 3.06. The van der Waals surface area contributed by atoms with Crippen LogP contribution in [0.5, 0.6) is 0 Å². The Morgan fingerprint density at radius 2 is 1.97 bits per heavy atom. The molecule has 32 heavy (non-hydrogen) atoms. The van der Waals surface area contributed by atoms with Gasteiger partial charge in [0.15, 0.2) is 0 Å². The molecule has 1 amide bonds. The van der Waals surface area contributed by atoms with Gasteiger partial charge in [0.2, 0.25) is 11.6 Å². The molecule has 1 unspecified atom stereocenters. The summed E-state index contributed by atoms with van der Waals surface area (Å²) in [6, 6.07) is 8.43. The summed E-state index contributed by atoms with van der Waals surface area (Å²) in [5.74, 6) is -0.520. The minimum Gasteiger partial charge on any atom is -0.348 e. The van der Waals surface area contributed by atoms with E-state index in [4.69, 9.17) is 5.26 Å². The number of nitrogens with zero attached hydrogens (tertiary/aromatic N) is 4. The van der Waals surface area contributed by atoms with Crippen molar-refractivity contribution >= 4 is 31.6 Å². The van der Waals surface area contributed by atoms with E-state index >= 15 is 0 Å². The van der Waals surface area contributed by atoms with Crippen LogP contribution in [0, 0.1) is 25.3 Å². The SMILES string of the molecule is Cc1ccncc1-n1cc(C(=O)NCc2ccc(S(C)(=O)=NC#N)cc2)c(=O)c(Br)c1C. The molecule has 1 atom stereocenters. The molecule has 0 saturated heterocycles. The van der Waals surface area contributed by atoms with E-state index < -0.39 is 21.1 Å². The number of pyridine rings is 2. The third-order valence-corrected chi connectivity index (χ3v) is 7.44. The molecule has 1 aromatic carbocycles. The Morgan fingerprint density at radius 3 is 2.59 bits per heavy atom. The first kappa shape index (κ1) is 23.4. The summed E-state index contributed by atoms with van der Waals surface area (Å²) in [4.78, 5) is 30.1. The first-order chi connectivity index (χ1) is 15.2. The molecule has 2 heterocycles. The zero-order valence-corrected chi connectivity index (χ0v) is 20.0. The summed E-state index contributed by atoms with van der Waals surface area (Å²) in [5.41, 5.74) is 2.69. The number of hydrogen-bond donors (Lipinski definition) is 1. The summed E-state index contributed by atoms with van der Waals surface area (Å²) in [7, 11) is -2.78. The van der Waals surface area contributed by atoms with Gasteiger partial charge in [0.05, 0.1) is 26.1 Å². The van der Waals surface area contributed by atoms with Crippen LogP contribution in [0.1, 0.15) is 27.2 Å². The van der Waals surface area contributed by atoms with Gasteiger partial charge < -0.3 is 9.88 Å². The quantitative estimate of drug-likeness (QED) is 0.524. The van der Waals surface area contributed by atoms with Gasteiger partial charge in [0.25, 0.3) is 5.91 Å². The largest absolute Gasteiger partial charge is 0.348 e. The molecule has 8 nitrogen and oxygen atoms in total. The Labute approximate surface area is 194 Å². The van der Waals surface area contributed by atoms with Gasteiger partial charge in [-0.1, -0.05) is 12.1 Å². The van der Waals surface area contributed by atoms with Crippen molar-refractivity contribution in [3.05, 3.63) is 86.0 Å². The van der Waals surface area contributed by atoms with Crippen LogP contribution in [0.4, 0.5) is 0 Å². The van der Waals surface area contributed by atoms with Gasteiger partial charge in [-0.05, 0) is 59.1 Å². The molecule has 3 aromatic rings. The molecule has 1 N–H and O–H groups in total. The average molecular weight is 514 g/mol. The number of nitriles is 1. The van der Waals surface area contributed by atoms with E-state index in [-0.39, 0.29) is 12.1 Å². The van der Waals surface area contributed by atoms with Crippen molar-refractivity contribution in [3.63, 3.8) is 0 Å². The van der Waals surface area contributed by atoms with Crippen LogP contribution in [-0.2, 0) is 16.3 Å². The molecular weight excluding hydrogens is 494 g/mol. The van der Waals surface area contributed by atoms with E-state index in [0.29, 0.717) is 15.1 Å². The number of carbonyl (C=O) groups excluding carboxylic acids is 1. The average Bonchev–Trinajstić information content (AvgIpc) is 2.77. The van der Waals surface area contributed by atoms with Crippen LogP contribution in [0.15, 0.2) is 67.4 Å². The zero-order valence-electron chi connectivity index (χ0n) is 17.6. The Bertz CT molecular complexity index is 1410. The van der Waals surface area contributed by atoms with E-state index in [1.54, 1.807) is 54.3 Å². The molecule has 3 rings (SSSR count). The molecule has 0 radical (unpaired) electrons. The highest BCUT2D eigenvalue weighted by Gasteiger charge is 2.18. The van der Waals surface area contributed by atoms with E-state index in [1.165, 1.54) is 12.5 Å². The second-order valence-corrected chi connectivity index (χ2v) is 10.2. The summed E-state index contributed by atoms with van der Waals surface area (Å²) in [5, 5.41) is 11.4. The van der Waals surface area contributed by atoms with Crippen molar-refractivity contribution in [2.45, 2.75) is 25.3 Å². The Morgan fingerprint density at radius 1 is 1.28 bits per heavy atom. The lowest BCUT2D eigenvalue weighted by Gasteiger charge is -2.16. The van der Waals surface area contributed by atoms with Gasteiger partial charge in [0, 0.05) is 35.8 Å². The highest BCUT2D eigenvalue weighted by molar-refractivity contribution is 9.10. The van der Waals surface area contributed by atoms with Crippen molar-refractivity contribution in [2.24, 2.45) is 4.36 Å². The van der Waals surface area contributed by atoms with Crippen LogP contribution in [0.2, 0.25) is 0 Å². The number of hydrogen-bond acceptors (Lipinski definition) is 6. The first-order valence-electron chi connectivity index (χ1n) is 9.46. The number of halogens is 1. The Hall–Kier alpha value is -3.29. The van der Waals surface area contributed by atoms with Crippen LogP contribution in [0.3, 0.4) is 0 Å². The van der Waals surface area contributed by atoms with Gasteiger partial charge in [-0.3, -0.25) is 14.6 Å². The van der Waals surface area contributed by atoms with Crippen molar-refractivity contribution in [3.8, 4) is 11.9 Å². The van der Waals surface area contributed by atoms with Gasteiger partial charge >= 0.3 is 0 Å². The van der Waals surface area contributed by atoms with Gasteiger partial charge in [-0.15, -0.1) is 4.36 Å². The van der Waals surface area contributed by atoms with Crippen LogP contribution in [-0.4, -0.2) is 25.9 Å². The second kappa shape index (κ2) is 9.46. The Balaban J connectivity index is 1.87. The monoisotopic (exact) mass is 513 g/mol. The molecule has 0 bridgehead atoms. The topological polar surface area (TPSA) is 117 Å². The normalized spacial score (nSPS) is 12.5. The van der Waals surface area contributed by atoms with E-state index in [1.807, 2.05) is 13.0 Å². The summed E-state index contributed by atoms with van der Waals surface area (Å²) < 4.78 is 17.8. The summed E-state index contributed by atoms with van der Waals surface area (Å²) >= 11 is 3.31. The van der Waals surface area contributed by atoms with Crippen molar-refractivity contribution < 1.29 is 9.00 Å². The molecule has 0 aliphatic carbocycles. The number of rotatable bonds is 5. The standard InChI is InChI=1S/C22H20BrN5O3S/c1-14-8-9-25-11-19(14)28-12-18(21(29)20(23)15(28)2)22(30)26-10-16-4-6-17(7-5-16)32(3,31)27-13-24/h4-9,11-12H,10H2,1-3H3,(H,26,30). The van der Waals surface area contributed by atoms with Crippen LogP contribution in [0.25, 0.3) is 5.69 Å². The van der Waals surface area contributed by atoms with Crippen molar-refractivity contribution in [1.29, 1.82) is 5.26 Å². The molecule has 164 valence electrons. The predicted molar refractivity (Wildman–Crippen MR) is 125 cm³/mol. The van der Waals surface area contributed by atoms with Crippen molar-refractivity contribution in [1.82, 2.24) is 14.9 Å². The number of aromatic nitrogens is 2. The van der Waals surface area contributed by atoms with Crippen LogP contribution >= 0.6 is 15.9 Å². The third kappa shape index (κ3) is 4.79. The molecule has 0 aliphatic rings. The van der Waals surface area contributed by atoms with E-state index in [9.17, 15) is 13.8 Å². The summed E-state index contributed by atoms with van der Waals surface area (Å²) in [6.45, 7) is 3.87. The number of aryl methyl sites for hydroxylation is 1. The molecule has 0 fully saturated rings. The number of benzene rings is 1. The molecule has 0 aliphatic heterocycles. The maximum Gasteiger partial charge on any atom is 0.257 e. The number of nitrogens with one attached hydrogen (secondary N) is 1. The highest BCUT2D eigenvalue weighted by atomic mass is 79.9.